The summed E-state index contributed by atoms with van der Waals surface area (Å²) in [5.74, 6) is -1.07. The van der Waals surface area contributed by atoms with Gasteiger partial charge in [-0.3, -0.25) is 14.5 Å². The van der Waals surface area contributed by atoms with Crippen molar-refractivity contribution in [2.75, 3.05) is 4.90 Å². The molecule has 3 aromatic carbocycles. The number of carbonyl (C=O) groups is 2. The highest BCUT2D eigenvalue weighted by Gasteiger charge is 2.47. The molecule has 1 heterocycles. The van der Waals surface area contributed by atoms with Crippen LogP contribution in [0.15, 0.2) is 78.4 Å². The van der Waals surface area contributed by atoms with E-state index in [1.165, 1.54) is 4.90 Å². The van der Waals surface area contributed by atoms with Crippen LogP contribution in [0.1, 0.15) is 49.1 Å². The third kappa shape index (κ3) is 4.67. The molecule has 1 unspecified atom stereocenters. The zero-order valence-electron chi connectivity index (χ0n) is 19.9. The van der Waals surface area contributed by atoms with Crippen LogP contribution in [0.3, 0.4) is 0 Å². The number of carbonyl (C=O) groups excluding carboxylic acids is 2. The van der Waals surface area contributed by atoms with E-state index >= 15 is 0 Å². The number of ether oxygens (including phenoxy) is 1. The zero-order valence-corrected chi connectivity index (χ0v) is 19.9. The molecule has 1 aliphatic rings. The van der Waals surface area contributed by atoms with Gasteiger partial charge >= 0.3 is 0 Å². The molecule has 1 amide bonds. The molecule has 4 rings (SSSR count). The van der Waals surface area contributed by atoms with Crippen LogP contribution in [0.25, 0.3) is 5.76 Å². The Morgan fingerprint density at radius 3 is 2.17 bits per heavy atom. The second-order valence-electron chi connectivity index (χ2n) is 8.61. The molecule has 1 N–H and O–H groups in total. The summed E-state index contributed by atoms with van der Waals surface area (Å²) in [6.07, 6.45) is 0.839. The van der Waals surface area contributed by atoms with Gasteiger partial charge in [-0.2, -0.15) is 5.26 Å². The van der Waals surface area contributed by atoms with E-state index in [0.717, 1.165) is 12.0 Å². The van der Waals surface area contributed by atoms with Crippen LogP contribution < -0.4 is 9.64 Å². The first-order chi connectivity index (χ1) is 16.8. The summed E-state index contributed by atoms with van der Waals surface area (Å²) < 4.78 is 5.74. The van der Waals surface area contributed by atoms with E-state index in [9.17, 15) is 14.7 Å². The van der Waals surface area contributed by atoms with Crippen LogP contribution in [0.2, 0.25) is 0 Å². The molecule has 1 saturated heterocycles. The molecule has 0 aliphatic carbocycles. The van der Waals surface area contributed by atoms with Gasteiger partial charge in [-0.05, 0) is 67.8 Å². The number of nitriles is 1. The largest absolute Gasteiger partial charge is 0.507 e. The van der Waals surface area contributed by atoms with Crippen LogP contribution in [0, 0.1) is 11.3 Å². The molecule has 0 spiro atoms. The summed E-state index contributed by atoms with van der Waals surface area (Å²) >= 11 is 0. The monoisotopic (exact) mass is 466 g/mol. The van der Waals surface area contributed by atoms with Gasteiger partial charge < -0.3 is 9.84 Å². The first kappa shape index (κ1) is 23.8. The normalized spacial score (nSPS) is 17.0. The average molecular weight is 467 g/mol. The molecule has 176 valence electrons. The van der Waals surface area contributed by atoms with E-state index in [-0.39, 0.29) is 17.4 Å². The van der Waals surface area contributed by atoms with Gasteiger partial charge in [0.05, 0.1) is 29.4 Å². The third-order valence-corrected chi connectivity index (χ3v) is 5.92. The molecule has 0 radical (unpaired) electrons. The van der Waals surface area contributed by atoms with Crippen molar-refractivity contribution in [3.63, 3.8) is 0 Å². The van der Waals surface area contributed by atoms with E-state index in [2.05, 4.69) is 6.07 Å². The van der Waals surface area contributed by atoms with Crippen LogP contribution in [-0.2, 0) is 16.0 Å². The van der Waals surface area contributed by atoms with Crippen molar-refractivity contribution in [3.05, 3.63) is 101 Å². The van der Waals surface area contributed by atoms with Gasteiger partial charge in [-0.25, -0.2) is 0 Å². The number of hydrogen-bond donors (Lipinski definition) is 1. The number of amides is 1. The summed E-state index contributed by atoms with van der Waals surface area (Å²) in [6, 6.07) is 22.1. The van der Waals surface area contributed by atoms with Crippen LogP contribution in [0.4, 0.5) is 5.69 Å². The molecule has 0 bridgehead atoms. The first-order valence-corrected chi connectivity index (χ1v) is 11.5. The Labute approximate surface area is 204 Å². The Kier molecular flexibility index (Phi) is 6.70. The minimum atomic E-state index is -0.845. The lowest BCUT2D eigenvalue weighted by Gasteiger charge is -2.25. The summed E-state index contributed by atoms with van der Waals surface area (Å²) in [5.41, 5.74) is 3.12. The number of Topliss-reactive ketones (excluding diaryl/α,β-unsaturated/α-hetero) is 1. The maximum Gasteiger partial charge on any atom is 0.300 e. The second kappa shape index (κ2) is 9.86. The van der Waals surface area contributed by atoms with Gasteiger partial charge in [0.25, 0.3) is 11.7 Å². The molecule has 1 atom stereocenters. The SMILES string of the molecule is CCc1ccc(/C(O)=C2\C(=O)C(=O)N(c3ccc(C#N)cc3)C2c2ccc(OC(C)C)cc2)cc1. The molecule has 1 fully saturated rings. The minimum absolute atomic E-state index is 0.00349. The lowest BCUT2D eigenvalue weighted by molar-refractivity contribution is -0.132. The highest BCUT2D eigenvalue weighted by Crippen LogP contribution is 2.42. The fourth-order valence-corrected chi connectivity index (χ4v) is 4.17. The highest BCUT2D eigenvalue weighted by atomic mass is 16.5. The molecular formula is C29H26N2O4. The lowest BCUT2D eigenvalue weighted by Crippen LogP contribution is -2.29. The van der Waals surface area contributed by atoms with Gasteiger partial charge in [0, 0.05) is 11.3 Å². The fourth-order valence-electron chi connectivity index (χ4n) is 4.17. The van der Waals surface area contributed by atoms with Gasteiger partial charge in [0.1, 0.15) is 11.5 Å². The van der Waals surface area contributed by atoms with Crippen molar-refractivity contribution in [2.45, 2.75) is 39.3 Å². The Bertz CT molecular complexity index is 1320. The lowest BCUT2D eigenvalue weighted by atomic mass is 9.94. The summed E-state index contributed by atoms with van der Waals surface area (Å²) in [4.78, 5) is 27.9. The highest BCUT2D eigenvalue weighted by molar-refractivity contribution is 6.51. The number of anilines is 1. The number of hydrogen-bond acceptors (Lipinski definition) is 5. The maximum absolute atomic E-state index is 13.3. The van der Waals surface area contributed by atoms with Crippen molar-refractivity contribution in [1.29, 1.82) is 5.26 Å². The van der Waals surface area contributed by atoms with E-state index in [4.69, 9.17) is 10.00 Å². The standard InChI is InChI=1S/C29H26N2O4/c1-4-19-5-9-22(10-6-19)27(32)25-26(21-11-15-24(16-12-21)35-18(2)3)31(29(34)28(25)33)23-13-7-20(17-30)8-14-23/h5-16,18,26,32H,4H2,1-3H3/b27-25+. The quantitative estimate of drug-likeness (QED) is 0.293. The topological polar surface area (TPSA) is 90.6 Å². The van der Waals surface area contributed by atoms with Crippen molar-refractivity contribution in [3.8, 4) is 11.8 Å². The average Bonchev–Trinajstić information content (AvgIpc) is 3.14. The number of aryl methyl sites for hydroxylation is 1. The maximum atomic E-state index is 13.3. The van der Waals surface area contributed by atoms with Crippen molar-refractivity contribution >= 4 is 23.1 Å². The number of nitrogens with zero attached hydrogens (tertiary/aromatic N) is 2. The van der Waals surface area contributed by atoms with E-state index in [1.54, 1.807) is 60.7 Å². The van der Waals surface area contributed by atoms with Crippen molar-refractivity contribution < 1.29 is 19.4 Å². The number of ketones is 1. The van der Waals surface area contributed by atoms with E-state index < -0.39 is 17.7 Å². The minimum Gasteiger partial charge on any atom is -0.507 e. The molecular weight excluding hydrogens is 440 g/mol. The Morgan fingerprint density at radius 2 is 1.63 bits per heavy atom. The van der Waals surface area contributed by atoms with Gasteiger partial charge in [-0.1, -0.05) is 43.3 Å². The summed E-state index contributed by atoms with van der Waals surface area (Å²) in [5, 5.41) is 20.4. The fraction of sp³-hybridized carbons (Fsp3) is 0.207. The molecule has 3 aromatic rings. The zero-order chi connectivity index (χ0) is 25.1. The summed E-state index contributed by atoms with van der Waals surface area (Å²) in [7, 11) is 0. The van der Waals surface area contributed by atoms with E-state index in [1.807, 2.05) is 32.9 Å². The molecule has 1 aliphatic heterocycles. The van der Waals surface area contributed by atoms with Gasteiger partial charge in [0.2, 0.25) is 0 Å². The Morgan fingerprint density at radius 1 is 1.00 bits per heavy atom. The number of aliphatic hydroxyl groups excluding tert-OH is 1. The van der Waals surface area contributed by atoms with Gasteiger partial charge in [0.15, 0.2) is 0 Å². The van der Waals surface area contributed by atoms with Crippen molar-refractivity contribution in [1.82, 2.24) is 0 Å². The number of rotatable bonds is 6. The third-order valence-electron chi connectivity index (χ3n) is 5.92. The van der Waals surface area contributed by atoms with Crippen LogP contribution in [0.5, 0.6) is 5.75 Å². The molecule has 0 aromatic heterocycles. The Balaban J connectivity index is 1.87. The molecule has 0 saturated carbocycles. The number of benzene rings is 3. The number of aliphatic hydroxyl groups is 1. The first-order valence-electron chi connectivity index (χ1n) is 11.5. The Hall–Kier alpha value is -4.37. The molecule has 6 heteroatoms. The second-order valence-corrected chi connectivity index (χ2v) is 8.61. The van der Waals surface area contributed by atoms with Crippen molar-refractivity contribution in [2.24, 2.45) is 0 Å². The van der Waals surface area contributed by atoms with E-state index in [0.29, 0.717) is 28.1 Å². The molecule has 6 nitrogen and oxygen atoms in total. The smallest absolute Gasteiger partial charge is 0.300 e. The summed E-state index contributed by atoms with van der Waals surface area (Å²) in [6.45, 7) is 5.89. The predicted octanol–water partition coefficient (Wildman–Crippen LogP) is 5.53. The molecule has 35 heavy (non-hydrogen) atoms. The van der Waals surface area contributed by atoms with Crippen LogP contribution >= 0.6 is 0 Å². The predicted molar refractivity (Wildman–Crippen MR) is 134 cm³/mol. The van der Waals surface area contributed by atoms with Crippen LogP contribution in [-0.4, -0.2) is 22.9 Å². The van der Waals surface area contributed by atoms with Gasteiger partial charge in [-0.15, -0.1) is 0 Å².